The topological polar surface area (TPSA) is 120 Å². The molecule has 0 bridgehead atoms. The van der Waals surface area contributed by atoms with Crippen LogP contribution in [0.1, 0.15) is 23.8 Å². The van der Waals surface area contributed by atoms with Gasteiger partial charge in [0.1, 0.15) is 5.69 Å². The first-order valence-corrected chi connectivity index (χ1v) is 8.93. The van der Waals surface area contributed by atoms with E-state index >= 15 is 0 Å². The molecule has 8 nitrogen and oxygen atoms in total. The molecule has 29 heavy (non-hydrogen) atoms. The van der Waals surface area contributed by atoms with E-state index in [2.05, 4.69) is 10.3 Å². The molecular formula is C21H19N3O5. The van der Waals surface area contributed by atoms with E-state index in [4.69, 9.17) is 19.8 Å². The average Bonchev–Trinajstić information content (AvgIpc) is 3.42. The molecule has 0 spiro atoms. The summed E-state index contributed by atoms with van der Waals surface area (Å²) < 4.78 is 10.2. The van der Waals surface area contributed by atoms with E-state index in [1.807, 2.05) is 30.3 Å². The highest BCUT2D eigenvalue weighted by Gasteiger charge is 2.55. The Hall–Kier alpha value is -3.65. The van der Waals surface area contributed by atoms with Gasteiger partial charge < -0.3 is 24.9 Å². The number of aromatic nitrogens is 1. The molecule has 2 heterocycles. The van der Waals surface area contributed by atoms with Crippen LogP contribution in [0.15, 0.2) is 70.3 Å². The first-order chi connectivity index (χ1) is 14.0. The largest absolute Gasteiger partial charge is 0.466 e. The molecule has 3 N–H and O–H groups in total. The summed E-state index contributed by atoms with van der Waals surface area (Å²) >= 11 is 0. The number of hydrogen-bond acceptors (Lipinski definition) is 8. The molecule has 0 aliphatic carbocycles. The van der Waals surface area contributed by atoms with Gasteiger partial charge in [0.25, 0.3) is 5.60 Å². The van der Waals surface area contributed by atoms with Crippen molar-refractivity contribution in [2.75, 3.05) is 12.8 Å². The SMILES string of the molecule is COC(=O)C1(C(O)c2cc(-c3ccccc3)on2)CC(c2ccccc2N)=NO1. The summed E-state index contributed by atoms with van der Waals surface area (Å²) in [6.45, 7) is 0. The molecule has 2 atom stereocenters. The lowest BCUT2D eigenvalue weighted by Gasteiger charge is -2.27. The molecular weight excluding hydrogens is 374 g/mol. The van der Waals surface area contributed by atoms with E-state index in [9.17, 15) is 9.90 Å². The molecule has 8 heteroatoms. The van der Waals surface area contributed by atoms with Crippen molar-refractivity contribution in [3.63, 3.8) is 0 Å². The lowest BCUT2D eigenvalue weighted by molar-refractivity contribution is -0.183. The minimum Gasteiger partial charge on any atom is -0.466 e. The van der Waals surface area contributed by atoms with Gasteiger partial charge in [-0.15, -0.1) is 0 Å². The first-order valence-electron chi connectivity index (χ1n) is 8.93. The third-order valence-electron chi connectivity index (χ3n) is 4.86. The predicted octanol–water partition coefficient (Wildman–Crippen LogP) is 2.69. The number of carbonyl (C=O) groups is 1. The number of ether oxygens (including phenoxy) is 1. The van der Waals surface area contributed by atoms with Gasteiger partial charge in [-0.3, -0.25) is 0 Å². The Labute approximate surface area is 166 Å². The molecule has 0 saturated heterocycles. The quantitative estimate of drug-likeness (QED) is 0.505. The molecule has 0 amide bonds. The number of anilines is 1. The number of nitrogens with zero attached hydrogens (tertiary/aromatic N) is 2. The number of benzene rings is 2. The molecule has 2 unspecified atom stereocenters. The molecule has 3 aromatic rings. The van der Waals surface area contributed by atoms with Gasteiger partial charge in [-0.1, -0.05) is 58.8 Å². The van der Waals surface area contributed by atoms with Gasteiger partial charge in [0.05, 0.1) is 19.2 Å². The minimum atomic E-state index is -1.79. The van der Waals surface area contributed by atoms with Crippen LogP contribution in [0.5, 0.6) is 0 Å². The number of carbonyl (C=O) groups excluding carboxylic acids is 1. The van der Waals surface area contributed by atoms with Crippen molar-refractivity contribution in [3.05, 3.63) is 71.9 Å². The number of aliphatic hydroxyl groups is 1. The number of rotatable bonds is 5. The van der Waals surface area contributed by atoms with E-state index in [0.29, 0.717) is 22.7 Å². The Balaban J connectivity index is 1.66. The van der Waals surface area contributed by atoms with Crippen LogP contribution in [0.4, 0.5) is 5.69 Å². The van der Waals surface area contributed by atoms with Gasteiger partial charge >= 0.3 is 5.97 Å². The second kappa shape index (κ2) is 7.40. The Kier molecular flexibility index (Phi) is 4.77. The normalized spacial score (nSPS) is 19.3. The summed E-state index contributed by atoms with van der Waals surface area (Å²) in [5.74, 6) is -0.325. The third-order valence-corrected chi connectivity index (χ3v) is 4.86. The van der Waals surface area contributed by atoms with E-state index in [1.54, 1.807) is 30.3 Å². The molecule has 0 radical (unpaired) electrons. The highest BCUT2D eigenvalue weighted by Crippen LogP contribution is 2.40. The summed E-state index contributed by atoms with van der Waals surface area (Å²) in [6, 6.07) is 17.9. The maximum atomic E-state index is 12.6. The Bertz CT molecular complexity index is 1060. The zero-order valence-electron chi connectivity index (χ0n) is 15.6. The molecule has 1 aliphatic rings. The molecule has 148 valence electrons. The fourth-order valence-corrected chi connectivity index (χ4v) is 3.29. The van der Waals surface area contributed by atoms with Crippen LogP contribution in [-0.2, 0) is 14.4 Å². The minimum absolute atomic E-state index is 0.0391. The number of esters is 1. The van der Waals surface area contributed by atoms with Crippen LogP contribution in [-0.4, -0.2) is 34.7 Å². The second-order valence-electron chi connectivity index (χ2n) is 6.66. The third kappa shape index (κ3) is 3.23. The summed E-state index contributed by atoms with van der Waals surface area (Å²) in [5, 5.41) is 19.0. The van der Waals surface area contributed by atoms with Crippen molar-refractivity contribution < 1.29 is 24.0 Å². The summed E-state index contributed by atoms with van der Waals surface area (Å²) in [7, 11) is 1.22. The van der Waals surface area contributed by atoms with E-state index < -0.39 is 17.7 Å². The van der Waals surface area contributed by atoms with Crippen molar-refractivity contribution in [2.24, 2.45) is 5.16 Å². The van der Waals surface area contributed by atoms with Gasteiger partial charge in [0, 0.05) is 22.9 Å². The Morgan fingerprint density at radius 3 is 2.66 bits per heavy atom. The first kappa shape index (κ1) is 18.7. The van der Waals surface area contributed by atoms with Crippen LogP contribution >= 0.6 is 0 Å². The highest BCUT2D eigenvalue weighted by molar-refractivity contribution is 6.08. The van der Waals surface area contributed by atoms with Crippen LogP contribution < -0.4 is 5.73 Å². The number of nitrogens with two attached hydrogens (primary N) is 1. The van der Waals surface area contributed by atoms with Gasteiger partial charge in [0.15, 0.2) is 11.9 Å². The molecule has 1 aromatic heterocycles. The van der Waals surface area contributed by atoms with Crippen molar-refractivity contribution in [2.45, 2.75) is 18.1 Å². The standard InChI is InChI=1S/C21H19N3O5/c1-27-20(26)21(12-17(24-29-21)14-9-5-6-10-15(14)22)19(25)16-11-18(28-23-16)13-7-3-2-4-8-13/h2-11,19,25H,12,22H2,1H3. The molecule has 2 aromatic carbocycles. The van der Waals surface area contributed by atoms with Crippen LogP contribution in [0, 0.1) is 0 Å². The summed E-state index contributed by atoms with van der Waals surface area (Å²) in [5.41, 5.74) is 6.67. The molecule has 0 fully saturated rings. The highest BCUT2D eigenvalue weighted by atomic mass is 16.7. The van der Waals surface area contributed by atoms with E-state index in [1.165, 1.54) is 7.11 Å². The number of para-hydroxylation sites is 1. The number of aliphatic hydroxyl groups excluding tert-OH is 1. The lowest BCUT2D eigenvalue weighted by Crippen LogP contribution is -2.46. The van der Waals surface area contributed by atoms with Crippen LogP contribution in [0.2, 0.25) is 0 Å². The smallest absolute Gasteiger partial charge is 0.356 e. The van der Waals surface area contributed by atoms with Gasteiger partial charge in [-0.2, -0.15) is 0 Å². The fourth-order valence-electron chi connectivity index (χ4n) is 3.29. The van der Waals surface area contributed by atoms with Crippen LogP contribution in [0.3, 0.4) is 0 Å². The number of hydrogen-bond donors (Lipinski definition) is 2. The van der Waals surface area contributed by atoms with Crippen molar-refractivity contribution in [1.29, 1.82) is 0 Å². The van der Waals surface area contributed by atoms with Crippen LogP contribution in [0.25, 0.3) is 11.3 Å². The van der Waals surface area contributed by atoms with Gasteiger partial charge in [-0.25, -0.2) is 4.79 Å². The maximum Gasteiger partial charge on any atom is 0.356 e. The number of nitrogen functional groups attached to an aromatic ring is 1. The van der Waals surface area contributed by atoms with Crippen molar-refractivity contribution in [1.82, 2.24) is 5.16 Å². The number of oxime groups is 1. The molecule has 4 rings (SSSR count). The van der Waals surface area contributed by atoms with E-state index in [0.717, 1.165) is 5.56 Å². The zero-order valence-corrected chi connectivity index (χ0v) is 15.6. The van der Waals surface area contributed by atoms with Crippen molar-refractivity contribution >= 4 is 17.4 Å². The van der Waals surface area contributed by atoms with Crippen molar-refractivity contribution in [3.8, 4) is 11.3 Å². The predicted molar refractivity (Wildman–Crippen MR) is 105 cm³/mol. The van der Waals surface area contributed by atoms with Gasteiger partial charge in [0.2, 0.25) is 0 Å². The number of methoxy groups -OCH3 is 1. The monoisotopic (exact) mass is 393 g/mol. The summed E-state index contributed by atoms with van der Waals surface area (Å²) in [4.78, 5) is 18.1. The molecule has 1 aliphatic heterocycles. The molecule has 0 saturated carbocycles. The Morgan fingerprint density at radius 1 is 1.21 bits per heavy atom. The van der Waals surface area contributed by atoms with E-state index in [-0.39, 0.29) is 12.1 Å². The second-order valence-corrected chi connectivity index (χ2v) is 6.66. The van der Waals surface area contributed by atoms with Gasteiger partial charge in [-0.05, 0) is 6.07 Å². The average molecular weight is 393 g/mol. The maximum absolute atomic E-state index is 12.6. The summed E-state index contributed by atoms with van der Waals surface area (Å²) in [6.07, 6.45) is -1.51. The zero-order chi connectivity index (χ0) is 20.4. The lowest BCUT2D eigenvalue weighted by atomic mass is 9.87. The fraction of sp³-hybridized carbons (Fsp3) is 0.190. The Morgan fingerprint density at radius 2 is 1.93 bits per heavy atom.